The summed E-state index contributed by atoms with van der Waals surface area (Å²) in [5, 5.41) is 2.75. The predicted molar refractivity (Wildman–Crippen MR) is 82.4 cm³/mol. The largest absolute Gasteiger partial charge is 0.416 e. The smallest absolute Gasteiger partial charge is 0.354 e. The minimum atomic E-state index is -4.40. The van der Waals surface area contributed by atoms with Gasteiger partial charge in [0.25, 0.3) is 0 Å². The topological polar surface area (TPSA) is 46.9 Å². The van der Waals surface area contributed by atoms with E-state index in [9.17, 15) is 18.0 Å². The number of benzene rings is 1. The van der Waals surface area contributed by atoms with Gasteiger partial charge < -0.3 is 9.88 Å². The van der Waals surface area contributed by atoms with Crippen molar-refractivity contribution in [1.82, 2.24) is 14.9 Å². The van der Waals surface area contributed by atoms with E-state index in [1.165, 1.54) is 12.1 Å². The van der Waals surface area contributed by atoms with E-state index >= 15 is 0 Å². The Kier molecular flexibility index (Phi) is 4.59. The highest BCUT2D eigenvalue weighted by Crippen LogP contribution is 2.38. The molecule has 1 aromatic heterocycles. The Balaban J connectivity index is 1.50. The molecule has 1 aliphatic rings. The lowest BCUT2D eigenvalue weighted by Gasteiger charge is -2.10. The van der Waals surface area contributed by atoms with Gasteiger partial charge in [-0.2, -0.15) is 13.2 Å². The fourth-order valence-corrected chi connectivity index (χ4v) is 2.63. The summed E-state index contributed by atoms with van der Waals surface area (Å²) in [4.78, 5) is 16.2. The molecule has 7 heteroatoms. The number of hydrogen-bond acceptors (Lipinski definition) is 2. The van der Waals surface area contributed by atoms with Crippen LogP contribution in [-0.4, -0.2) is 22.0 Å². The molecule has 0 aliphatic heterocycles. The van der Waals surface area contributed by atoms with E-state index in [1.807, 2.05) is 10.8 Å². The van der Waals surface area contributed by atoms with Crippen molar-refractivity contribution in [2.45, 2.75) is 37.9 Å². The molecule has 1 fully saturated rings. The molecule has 1 amide bonds. The van der Waals surface area contributed by atoms with Crippen molar-refractivity contribution < 1.29 is 18.0 Å². The van der Waals surface area contributed by atoms with Crippen molar-refractivity contribution in [2.24, 2.45) is 0 Å². The standard InChI is InChI=1S/C17H18F3N3O/c18-17(19,20)14-3-1-2-12(10-14)11-15(24)21-6-8-23-9-7-22-16(23)13-4-5-13/h1-3,7,9-10,13H,4-6,8,11H2,(H,21,24). The second-order valence-corrected chi connectivity index (χ2v) is 5.98. The van der Waals surface area contributed by atoms with E-state index in [2.05, 4.69) is 10.3 Å². The van der Waals surface area contributed by atoms with Gasteiger partial charge in [-0.1, -0.05) is 18.2 Å². The molecule has 0 atom stereocenters. The van der Waals surface area contributed by atoms with Crippen LogP contribution in [-0.2, 0) is 23.9 Å². The summed E-state index contributed by atoms with van der Waals surface area (Å²) in [6.07, 6.45) is 1.47. The Morgan fingerprint density at radius 2 is 2.12 bits per heavy atom. The van der Waals surface area contributed by atoms with E-state index in [4.69, 9.17) is 0 Å². The molecule has 1 saturated carbocycles. The maximum absolute atomic E-state index is 12.7. The summed E-state index contributed by atoms with van der Waals surface area (Å²) in [6.45, 7) is 1.04. The van der Waals surface area contributed by atoms with Crippen molar-refractivity contribution in [3.8, 4) is 0 Å². The highest BCUT2D eigenvalue weighted by atomic mass is 19.4. The molecule has 3 rings (SSSR count). The van der Waals surface area contributed by atoms with E-state index in [0.29, 0.717) is 24.6 Å². The van der Waals surface area contributed by atoms with Gasteiger partial charge in [0, 0.05) is 31.4 Å². The molecule has 0 radical (unpaired) electrons. The number of imidazole rings is 1. The maximum Gasteiger partial charge on any atom is 0.416 e. The molecule has 1 N–H and O–H groups in total. The molecule has 1 heterocycles. The van der Waals surface area contributed by atoms with Crippen LogP contribution in [0.15, 0.2) is 36.7 Å². The van der Waals surface area contributed by atoms with Gasteiger partial charge in [0.1, 0.15) is 5.82 Å². The first kappa shape index (κ1) is 16.5. The summed E-state index contributed by atoms with van der Waals surface area (Å²) < 4.78 is 40.0. The first-order valence-electron chi connectivity index (χ1n) is 7.87. The quantitative estimate of drug-likeness (QED) is 0.880. The maximum atomic E-state index is 12.7. The van der Waals surface area contributed by atoms with Crippen molar-refractivity contribution in [3.63, 3.8) is 0 Å². The number of rotatable bonds is 6. The second kappa shape index (κ2) is 6.67. The molecule has 4 nitrogen and oxygen atoms in total. The van der Waals surface area contributed by atoms with Crippen molar-refractivity contribution >= 4 is 5.91 Å². The molecular formula is C17H18F3N3O. The highest BCUT2D eigenvalue weighted by molar-refractivity contribution is 5.78. The average Bonchev–Trinajstić information content (AvgIpc) is 3.26. The normalized spacial score (nSPS) is 14.6. The zero-order valence-electron chi connectivity index (χ0n) is 13.0. The van der Waals surface area contributed by atoms with Crippen LogP contribution in [0.2, 0.25) is 0 Å². The molecule has 0 bridgehead atoms. The van der Waals surface area contributed by atoms with Gasteiger partial charge in [-0.3, -0.25) is 4.79 Å². The Bertz CT molecular complexity index is 720. The number of carbonyl (C=O) groups is 1. The molecule has 128 valence electrons. The predicted octanol–water partition coefficient (Wildman–Crippen LogP) is 3.14. The van der Waals surface area contributed by atoms with Gasteiger partial charge in [-0.05, 0) is 24.5 Å². The summed E-state index contributed by atoms with van der Waals surface area (Å²) in [5.74, 6) is 1.28. The van der Waals surface area contributed by atoms with Crippen LogP contribution in [0.5, 0.6) is 0 Å². The molecule has 24 heavy (non-hydrogen) atoms. The van der Waals surface area contributed by atoms with Crippen LogP contribution in [0.3, 0.4) is 0 Å². The Hall–Kier alpha value is -2.31. The Morgan fingerprint density at radius 3 is 2.83 bits per heavy atom. The van der Waals surface area contributed by atoms with E-state index in [-0.39, 0.29) is 12.3 Å². The number of carbonyl (C=O) groups excluding carboxylic acids is 1. The molecule has 0 unspecified atom stereocenters. The molecule has 1 aliphatic carbocycles. The number of halogens is 3. The zero-order chi connectivity index (χ0) is 17.2. The average molecular weight is 337 g/mol. The van der Waals surface area contributed by atoms with Crippen molar-refractivity contribution in [2.75, 3.05) is 6.54 Å². The van der Waals surface area contributed by atoms with Crippen LogP contribution < -0.4 is 5.32 Å². The van der Waals surface area contributed by atoms with E-state index in [1.54, 1.807) is 6.20 Å². The van der Waals surface area contributed by atoms with E-state index < -0.39 is 11.7 Å². The van der Waals surface area contributed by atoms with Crippen LogP contribution in [0.25, 0.3) is 0 Å². The molecule has 0 spiro atoms. The minimum absolute atomic E-state index is 0.0661. The minimum Gasteiger partial charge on any atom is -0.354 e. The third-order valence-electron chi connectivity index (χ3n) is 3.98. The monoisotopic (exact) mass is 337 g/mol. The fraction of sp³-hybridized carbons (Fsp3) is 0.412. The molecule has 1 aromatic carbocycles. The lowest BCUT2D eigenvalue weighted by molar-refractivity contribution is -0.137. The number of alkyl halides is 3. The molecule has 0 saturated heterocycles. The number of hydrogen-bond donors (Lipinski definition) is 1. The third kappa shape index (κ3) is 4.15. The van der Waals surface area contributed by atoms with Gasteiger partial charge >= 0.3 is 6.18 Å². The Morgan fingerprint density at radius 1 is 1.33 bits per heavy atom. The van der Waals surface area contributed by atoms with Crippen LogP contribution in [0, 0.1) is 0 Å². The summed E-state index contributed by atoms with van der Waals surface area (Å²) >= 11 is 0. The van der Waals surface area contributed by atoms with Gasteiger partial charge in [0.05, 0.1) is 12.0 Å². The van der Waals surface area contributed by atoms with Gasteiger partial charge in [-0.25, -0.2) is 4.98 Å². The summed E-state index contributed by atoms with van der Waals surface area (Å²) in [6, 6.07) is 4.86. The van der Waals surface area contributed by atoms with Gasteiger partial charge in [-0.15, -0.1) is 0 Å². The lowest BCUT2D eigenvalue weighted by atomic mass is 10.1. The second-order valence-electron chi connectivity index (χ2n) is 5.98. The highest BCUT2D eigenvalue weighted by Gasteiger charge is 2.30. The Labute approximate surface area is 137 Å². The number of nitrogens with one attached hydrogen (secondary N) is 1. The molecule has 2 aromatic rings. The van der Waals surface area contributed by atoms with Crippen LogP contribution in [0.1, 0.15) is 35.7 Å². The SMILES string of the molecule is O=C(Cc1cccc(C(F)(F)F)c1)NCCn1ccnc1C1CC1. The fourth-order valence-electron chi connectivity index (χ4n) is 2.63. The van der Waals surface area contributed by atoms with Crippen LogP contribution in [0.4, 0.5) is 13.2 Å². The lowest BCUT2D eigenvalue weighted by Crippen LogP contribution is -2.29. The summed E-state index contributed by atoms with van der Waals surface area (Å²) in [7, 11) is 0. The van der Waals surface area contributed by atoms with E-state index in [0.717, 1.165) is 30.8 Å². The van der Waals surface area contributed by atoms with Gasteiger partial charge in [0.2, 0.25) is 5.91 Å². The summed E-state index contributed by atoms with van der Waals surface area (Å²) in [5.41, 5.74) is -0.385. The number of nitrogens with zero attached hydrogens (tertiary/aromatic N) is 2. The van der Waals surface area contributed by atoms with Crippen LogP contribution >= 0.6 is 0 Å². The number of aromatic nitrogens is 2. The first-order valence-corrected chi connectivity index (χ1v) is 7.87. The first-order chi connectivity index (χ1) is 11.4. The third-order valence-corrected chi connectivity index (χ3v) is 3.98. The van der Waals surface area contributed by atoms with Crippen molar-refractivity contribution in [3.05, 3.63) is 53.6 Å². The number of amides is 1. The van der Waals surface area contributed by atoms with Crippen molar-refractivity contribution in [1.29, 1.82) is 0 Å². The molecular weight excluding hydrogens is 319 g/mol. The van der Waals surface area contributed by atoms with Gasteiger partial charge in [0.15, 0.2) is 0 Å². The zero-order valence-corrected chi connectivity index (χ0v) is 13.0.